The predicted octanol–water partition coefficient (Wildman–Crippen LogP) is 2.90. The Bertz CT molecular complexity index is 1260. The summed E-state index contributed by atoms with van der Waals surface area (Å²) in [6.45, 7) is 5.23. The lowest BCUT2D eigenvalue weighted by molar-refractivity contribution is 0.0726. The number of H-pyrrole nitrogens is 1. The zero-order valence-corrected chi connectivity index (χ0v) is 21.1. The average Bonchev–Trinajstić information content (AvgIpc) is 3.21. The minimum Gasteiger partial charge on any atom is -0.424 e. The Morgan fingerprint density at radius 3 is 2.67 bits per heavy atom. The minimum atomic E-state index is -3.22. The van der Waals surface area contributed by atoms with Crippen molar-refractivity contribution in [1.82, 2.24) is 14.2 Å². The average molecular weight is 512 g/mol. The van der Waals surface area contributed by atoms with Crippen molar-refractivity contribution in [2.24, 2.45) is 0 Å². The summed E-state index contributed by atoms with van der Waals surface area (Å²) in [7, 11) is -3.22. The van der Waals surface area contributed by atoms with Crippen LogP contribution >= 0.6 is 23.6 Å². The van der Waals surface area contributed by atoms with E-state index in [1.165, 1.54) is 22.6 Å². The molecule has 2 aliphatic heterocycles. The molecule has 3 heterocycles. The number of amides is 1. The van der Waals surface area contributed by atoms with Crippen LogP contribution in [-0.2, 0) is 23.0 Å². The third kappa shape index (κ3) is 5.08. The molecule has 2 aliphatic rings. The number of benzene rings is 1. The second kappa shape index (κ2) is 9.32. The highest BCUT2D eigenvalue weighted by atomic mass is 35.5. The molecule has 1 amide bonds. The molecule has 1 aromatic carbocycles. The molecule has 0 aliphatic carbocycles. The zero-order chi connectivity index (χ0) is 23.9. The van der Waals surface area contributed by atoms with Crippen molar-refractivity contribution in [2.45, 2.75) is 38.5 Å². The maximum atomic E-state index is 13.3. The van der Waals surface area contributed by atoms with E-state index in [9.17, 15) is 18.0 Å². The number of nitrogens with one attached hydrogen (secondary N) is 1. The third-order valence-corrected chi connectivity index (χ3v) is 8.62. The number of carbonyl (C=O) groups is 1. The molecule has 0 unspecified atom stereocenters. The maximum absolute atomic E-state index is 13.3. The Morgan fingerprint density at radius 1 is 1.24 bits per heavy atom. The first-order chi connectivity index (χ1) is 15.5. The number of carbonyl (C=O) groups excluding carboxylic acids is 1. The molecule has 1 atom stereocenters. The number of sulfonamides is 1. The maximum Gasteiger partial charge on any atom is 0.256 e. The van der Waals surface area contributed by atoms with Crippen LogP contribution in [0.15, 0.2) is 23.0 Å². The molecule has 1 fully saturated rings. The van der Waals surface area contributed by atoms with Crippen LogP contribution in [-0.4, -0.2) is 59.7 Å². The Morgan fingerprint density at radius 2 is 2.00 bits per heavy atom. The van der Waals surface area contributed by atoms with E-state index in [0.29, 0.717) is 49.4 Å². The topological polar surface area (TPSA) is 99.8 Å². The third-order valence-electron chi connectivity index (χ3n) is 6.04. The number of hydrogen-bond donors (Lipinski definition) is 1. The summed E-state index contributed by atoms with van der Waals surface area (Å²) in [5.41, 5.74) is 3.23. The van der Waals surface area contributed by atoms with Crippen molar-refractivity contribution >= 4 is 39.6 Å². The Kier molecular flexibility index (Phi) is 6.82. The van der Waals surface area contributed by atoms with Gasteiger partial charge in [-0.15, -0.1) is 0 Å². The number of halogens is 1. The van der Waals surface area contributed by atoms with E-state index in [1.807, 2.05) is 26.0 Å². The molecule has 33 heavy (non-hydrogen) atoms. The van der Waals surface area contributed by atoms with Crippen LogP contribution in [0.1, 0.15) is 39.2 Å². The van der Waals surface area contributed by atoms with E-state index in [2.05, 4.69) is 4.98 Å². The molecule has 1 aromatic heterocycles. The molecule has 8 nitrogen and oxygen atoms in total. The lowest BCUT2D eigenvalue weighted by Crippen LogP contribution is -2.39. The highest BCUT2D eigenvalue weighted by molar-refractivity contribution is 7.95. The van der Waals surface area contributed by atoms with Crippen LogP contribution in [0.25, 0.3) is 0 Å². The molecule has 178 valence electrons. The number of fused-ring (bicyclic) bond motifs is 1. The smallest absolute Gasteiger partial charge is 0.256 e. The molecule has 11 heteroatoms. The molecular formula is C22H26ClN3O5S2. The van der Waals surface area contributed by atoms with Gasteiger partial charge in [0.15, 0.2) is 5.75 Å². The quantitative estimate of drug-likeness (QED) is 0.599. The summed E-state index contributed by atoms with van der Waals surface area (Å²) >= 11 is 7.77. The number of rotatable bonds is 6. The van der Waals surface area contributed by atoms with E-state index < -0.39 is 10.0 Å². The molecule has 0 spiro atoms. The second-order valence-electron chi connectivity index (χ2n) is 8.54. The Hall–Kier alpha value is -2.01. The molecule has 1 saturated heterocycles. The van der Waals surface area contributed by atoms with Crippen LogP contribution < -0.4 is 9.74 Å². The number of nitrogens with zero attached hydrogens (tertiary/aromatic N) is 2. The largest absolute Gasteiger partial charge is 0.424 e. The monoisotopic (exact) mass is 511 g/mol. The van der Waals surface area contributed by atoms with Gasteiger partial charge in [-0.25, -0.2) is 12.7 Å². The van der Waals surface area contributed by atoms with Crippen molar-refractivity contribution in [3.05, 3.63) is 61.5 Å². The molecule has 0 radical (unpaired) electrons. The van der Waals surface area contributed by atoms with Crippen molar-refractivity contribution in [3.8, 4) is 5.75 Å². The van der Waals surface area contributed by atoms with Crippen molar-refractivity contribution in [2.75, 3.05) is 25.9 Å². The Balaban J connectivity index is 1.50. The van der Waals surface area contributed by atoms with Crippen molar-refractivity contribution < 1.29 is 17.4 Å². The van der Waals surface area contributed by atoms with Gasteiger partial charge in [-0.1, -0.05) is 17.7 Å². The second-order valence-corrected chi connectivity index (χ2v) is 11.9. The van der Waals surface area contributed by atoms with E-state index in [1.54, 1.807) is 11.0 Å². The van der Waals surface area contributed by atoms with Crippen LogP contribution in [0.2, 0.25) is 5.02 Å². The van der Waals surface area contributed by atoms with Gasteiger partial charge in [0, 0.05) is 30.9 Å². The number of aromatic nitrogens is 1. The normalized spacial score (nSPS) is 19.1. The highest BCUT2D eigenvalue weighted by Crippen LogP contribution is 2.37. The Labute approximate surface area is 202 Å². The first-order valence-electron chi connectivity index (χ1n) is 10.6. The van der Waals surface area contributed by atoms with Crippen LogP contribution in [0, 0.1) is 13.8 Å². The number of pyridine rings is 1. The van der Waals surface area contributed by atoms with Crippen molar-refractivity contribution in [3.63, 3.8) is 0 Å². The van der Waals surface area contributed by atoms with Crippen LogP contribution in [0.4, 0.5) is 0 Å². The minimum absolute atomic E-state index is 0.0183. The molecule has 0 bridgehead atoms. The first-order valence-corrected chi connectivity index (χ1v) is 13.7. The van der Waals surface area contributed by atoms with Gasteiger partial charge in [0.25, 0.3) is 11.5 Å². The summed E-state index contributed by atoms with van der Waals surface area (Å²) in [6.07, 6.45) is 2.50. The highest BCUT2D eigenvalue weighted by Gasteiger charge is 2.32. The van der Waals surface area contributed by atoms with E-state index >= 15 is 0 Å². The molecular weight excluding hydrogens is 486 g/mol. The van der Waals surface area contributed by atoms with E-state index in [4.69, 9.17) is 15.8 Å². The lowest BCUT2D eigenvalue weighted by Gasteiger charge is -2.30. The summed E-state index contributed by atoms with van der Waals surface area (Å²) in [5, 5.41) is 0.220. The number of aromatic amines is 1. The van der Waals surface area contributed by atoms with Crippen LogP contribution in [0.5, 0.6) is 5.75 Å². The standard InChI is InChI=1S/C22H26ClN3O5S2/c1-13-10-14(2)24-21(27)17(13)12-25-8-6-15-4-5-18(20(23)19(15)22(25)28)31-32-16-7-9-26(11-16)33(3,29)30/h4-5,10,16H,6-9,11-12H2,1-3H3,(H,24,27)/t16-/m0/s1. The summed E-state index contributed by atoms with van der Waals surface area (Å²) in [4.78, 5) is 30.1. The van der Waals surface area contributed by atoms with Gasteiger partial charge in [0.1, 0.15) is 0 Å². The van der Waals surface area contributed by atoms with Gasteiger partial charge in [-0.2, -0.15) is 0 Å². The van der Waals surface area contributed by atoms with Gasteiger partial charge in [0.2, 0.25) is 10.0 Å². The van der Waals surface area contributed by atoms with Gasteiger partial charge in [-0.05, 0) is 49.9 Å². The fraction of sp³-hybridized carbons (Fsp3) is 0.455. The lowest BCUT2D eigenvalue weighted by atomic mass is 9.97. The predicted molar refractivity (Wildman–Crippen MR) is 129 cm³/mol. The first kappa shape index (κ1) is 24.1. The van der Waals surface area contributed by atoms with Gasteiger partial charge in [-0.3, -0.25) is 9.59 Å². The molecule has 2 aromatic rings. The number of hydrogen-bond acceptors (Lipinski definition) is 6. The van der Waals surface area contributed by atoms with E-state index in [-0.39, 0.29) is 28.3 Å². The molecule has 4 rings (SSSR count). The SMILES string of the molecule is Cc1cc(C)c(CN2CCc3ccc(OS[C@H]4CCN(S(C)(=O)=O)C4)c(Cl)c3C2=O)c(=O)[nH]1. The zero-order valence-electron chi connectivity index (χ0n) is 18.7. The molecule has 1 N–H and O–H groups in total. The summed E-state index contributed by atoms with van der Waals surface area (Å²) in [6, 6.07) is 5.48. The fourth-order valence-electron chi connectivity index (χ4n) is 4.23. The summed E-state index contributed by atoms with van der Waals surface area (Å²) < 4.78 is 30.7. The van der Waals surface area contributed by atoms with Crippen LogP contribution in [0.3, 0.4) is 0 Å². The van der Waals surface area contributed by atoms with Gasteiger partial charge in [0.05, 0.1) is 40.7 Å². The van der Waals surface area contributed by atoms with Gasteiger partial charge >= 0.3 is 0 Å². The molecule has 0 saturated carbocycles. The summed E-state index contributed by atoms with van der Waals surface area (Å²) in [5.74, 6) is 0.137. The number of aryl methyl sites for hydroxylation is 2. The van der Waals surface area contributed by atoms with Gasteiger partial charge < -0.3 is 14.1 Å². The van der Waals surface area contributed by atoms with E-state index in [0.717, 1.165) is 16.8 Å². The fourth-order valence-corrected chi connectivity index (χ4v) is 6.39. The van der Waals surface area contributed by atoms with Crippen molar-refractivity contribution in [1.29, 1.82) is 0 Å².